The van der Waals surface area contributed by atoms with E-state index in [4.69, 9.17) is 0 Å². The van der Waals surface area contributed by atoms with Gasteiger partial charge < -0.3 is 15.1 Å². The Kier molecular flexibility index (Phi) is 5.38. The van der Waals surface area contributed by atoms with Crippen molar-refractivity contribution < 1.29 is 4.79 Å². The van der Waals surface area contributed by atoms with Crippen molar-refractivity contribution in [3.8, 4) is 0 Å². The summed E-state index contributed by atoms with van der Waals surface area (Å²) in [5.41, 5.74) is 2.64. The first-order valence-corrected chi connectivity index (χ1v) is 8.97. The molecule has 0 aliphatic carbocycles. The molecule has 1 aromatic carbocycles. The summed E-state index contributed by atoms with van der Waals surface area (Å²) in [5.74, 6) is 1.69. The number of nitrogens with one attached hydrogen (secondary N) is 1. The zero-order valence-corrected chi connectivity index (χ0v) is 14.8. The van der Waals surface area contributed by atoms with Gasteiger partial charge >= 0.3 is 0 Å². The topological polar surface area (TPSA) is 47.9 Å². The molecule has 3 rings (SSSR count). The molecule has 0 saturated carbocycles. The Morgan fingerprint density at radius 3 is 2.79 bits per heavy atom. The number of carbonyl (C=O) groups excluding carboxylic acids is 1. The lowest BCUT2D eigenvalue weighted by Crippen LogP contribution is -2.49. The van der Waals surface area contributed by atoms with Crippen molar-refractivity contribution in [2.45, 2.75) is 32.7 Å². The largest absolute Gasteiger partial charge is 0.347 e. The number of piperidine rings is 1. The number of benzene rings is 1. The van der Waals surface area contributed by atoms with Gasteiger partial charge in [-0.15, -0.1) is 0 Å². The summed E-state index contributed by atoms with van der Waals surface area (Å²) in [6.45, 7) is 6.16. The molecule has 0 bridgehead atoms. The molecule has 5 nitrogen and oxygen atoms in total. The number of fused-ring (bicyclic) bond motifs is 1. The van der Waals surface area contributed by atoms with E-state index in [-0.39, 0.29) is 5.91 Å². The molecule has 130 valence electrons. The van der Waals surface area contributed by atoms with Gasteiger partial charge in [0.2, 0.25) is 5.91 Å². The number of hydrogen-bond donors (Lipinski definition) is 1. The van der Waals surface area contributed by atoms with Crippen LogP contribution in [0.5, 0.6) is 0 Å². The summed E-state index contributed by atoms with van der Waals surface area (Å²) < 4.78 is 0. The van der Waals surface area contributed by atoms with E-state index < -0.39 is 0 Å². The highest BCUT2D eigenvalue weighted by Gasteiger charge is 2.22. The minimum absolute atomic E-state index is 0.149. The van der Waals surface area contributed by atoms with Crippen molar-refractivity contribution in [2.75, 3.05) is 33.2 Å². The minimum atomic E-state index is 0.149. The van der Waals surface area contributed by atoms with Gasteiger partial charge in [-0.25, -0.2) is 0 Å². The smallest absolute Gasteiger partial charge is 0.242 e. The highest BCUT2D eigenvalue weighted by atomic mass is 16.2. The molecule has 0 radical (unpaired) electrons. The number of guanidine groups is 1. The predicted molar refractivity (Wildman–Crippen MR) is 96.9 cm³/mol. The number of nitrogens with zero attached hydrogens (tertiary/aromatic N) is 3. The van der Waals surface area contributed by atoms with E-state index in [0.29, 0.717) is 12.5 Å². The van der Waals surface area contributed by atoms with Crippen molar-refractivity contribution >= 4 is 11.9 Å². The molecule has 0 spiro atoms. The van der Waals surface area contributed by atoms with Crippen LogP contribution in [0.25, 0.3) is 0 Å². The van der Waals surface area contributed by atoms with E-state index in [1.807, 2.05) is 11.0 Å². The molecular formula is C19H28N4O. The quantitative estimate of drug-likeness (QED) is 0.666. The Balaban J connectivity index is 1.53. The number of hydrogen-bond acceptors (Lipinski definition) is 2. The molecule has 2 heterocycles. The lowest BCUT2D eigenvalue weighted by Gasteiger charge is -2.34. The number of likely N-dealkylation sites (tertiary alicyclic amines) is 1. The second-order valence-electron chi connectivity index (χ2n) is 6.93. The molecule has 1 N–H and O–H groups in total. The molecule has 1 saturated heterocycles. The zero-order chi connectivity index (χ0) is 16.9. The summed E-state index contributed by atoms with van der Waals surface area (Å²) in [7, 11) is 1.79. The Morgan fingerprint density at radius 1 is 1.25 bits per heavy atom. The summed E-state index contributed by atoms with van der Waals surface area (Å²) in [5, 5.41) is 3.27. The summed E-state index contributed by atoms with van der Waals surface area (Å²) >= 11 is 0. The van der Waals surface area contributed by atoms with Crippen LogP contribution in [0.1, 0.15) is 30.9 Å². The van der Waals surface area contributed by atoms with Crippen LogP contribution in [0, 0.1) is 5.92 Å². The van der Waals surface area contributed by atoms with Gasteiger partial charge in [-0.1, -0.05) is 31.2 Å². The van der Waals surface area contributed by atoms with Crippen LogP contribution < -0.4 is 5.32 Å². The van der Waals surface area contributed by atoms with Gasteiger partial charge in [0.05, 0.1) is 6.54 Å². The molecule has 1 amide bonds. The van der Waals surface area contributed by atoms with Crippen molar-refractivity contribution in [1.82, 2.24) is 15.1 Å². The van der Waals surface area contributed by atoms with Crippen molar-refractivity contribution in [3.63, 3.8) is 0 Å². The van der Waals surface area contributed by atoms with Crippen LogP contribution in [0.3, 0.4) is 0 Å². The third-order valence-corrected chi connectivity index (χ3v) is 5.05. The SMILES string of the molecule is CN=C(NCC(=O)N1CCc2ccccc2C1)N1CCCC(C)C1. The van der Waals surface area contributed by atoms with E-state index in [9.17, 15) is 4.79 Å². The lowest BCUT2D eigenvalue weighted by atomic mass is 10.00. The van der Waals surface area contributed by atoms with Gasteiger partial charge in [0.25, 0.3) is 0 Å². The Hall–Kier alpha value is -2.04. The van der Waals surface area contributed by atoms with Gasteiger partial charge in [-0.3, -0.25) is 9.79 Å². The second-order valence-corrected chi connectivity index (χ2v) is 6.93. The van der Waals surface area contributed by atoms with E-state index in [2.05, 4.69) is 40.3 Å². The van der Waals surface area contributed by atoms with E-state index in [1.54, 1.807) is 7.05 Å². The first kappa shape index (κ1) is 16.8. The Bertz CT molecular complexity index is 613. The van der Waals surface area contributed by atoms with E-state index >= 15 is 0 Å². The maximum Gasteiger partial charge on any atom is 0.242 e. The van der Waals surface area contributed by atoms with Crippen molar-refractivity contribution in [3.05, 3.63) is 35.4 Å². The van der Waals surface area contributed by atoms with Gasteiger partial charge in [0, 0.05) is 33.2 Å². The summed E-state index contributed by atoms with van der Waals surface area (Å²) in [6.07, 6.45) is 3.42. The van der Waals surface area contributed by atoms with Crippen molar-refractivity contribution in [2.24, 2.45) is 10.9 Å². The molecule has 1 fully saturated rings. The van der Waals surface area contributed by atoms with Crippen LogP contribution in [0.2, 0.25) is 0 Å². The Labute approximate surface area is 144 Å². The maximum absolute atomic E-state index is 12.6. The normalized spacial score (nSPS) is 21.4. The molecule has 5 heteroatoms. The third kappa shape index (κ3) is 3.89. The van der Waals surface area contributed by atoms with E-state index in [1.165, 1.54) is 24.0 Å². The molecule has 1 aromatic rings. The molecule has 24 heavy (non-hydrogen) atoms. The molecular weight excluding hydrogens is 300 g/mol. The highest BCUT2D eigenvalue weighted by molar-refractivity contribution is 5.86. The minimum Gasteiger partial charge on any atom is -0.347 e. The summed E-state index contributed by atoms with van der Waals surface area (Å²) in [4.78, 5) is 21.1. The lowest BCUT2D eigenvalue weighted by molar-refractivity contribution is -0.130. The van der Waals surface area contributed by atoms with Gasteiger partial charge in [-0.2, -0.15) is 0 Å². The van der Waals surface area contributed by atoms with E-state index in [0.717, 1.165) is 38.6 Å². The average molecular weight is 328 g/mol. The molecule has 2 aliphatic heterocycles. The first-order valence-electron chi connectivity index (χ1n) is 8.97. The average Bonchev–Trinajstić information content (AvgIpc) is 2.61. The zero-order valence-electron chi connectivity index (χ0n) is 14.8. The molecule has 1 unspecified atom stereocenters. The van der Waals surface area contributed by atoms with Crippen molar-refractivity contribution in [1.29, 1.82) is 0 Å². The fourth-order valence-electron chi connectivity index (χ4n) is 3.69. The second kappa shape index (κ2) is 7.69. The molecule has 2 aliphatic rings. The fraction of sp³-hybridized carbons (Fsp3) is 0.579. The van der Waals surface area contributed by atoms with Crippen LogP contribution in [-0.4, -0.2) is 54.9 Å². The first-order chi connectivity index (χ1) is 11.7. The van der Waals surface area contributed by atoms with Crippen LogP contribution in [-0.2, 0) is 17.8 Å². The van der Waals surface area contributed by atoms with Crippen LogP contribution >= 0.6 is 0 Å². The standard InChI is InChI=1S/C19H28N4O/c1-15-6-5-10-23(13-15)19(20-2)21-12-18(24)22-11-9-16-7-3-4-8-17(16)14-22/h3-4,7-8,15H,5-6,9-14H2,1-2H3,(H,20,21). The maximum atomic E-state index is 12.6. The van der Waals surface area contributed by atoms with Crippen LogP contribution in [0.4, 0.5) is 0 Å². The number of carbonyl (C=O) groups is 1. The predicted octanol–water partition coefficient (Wildman–Crippen LogP) is 1.88. The molecule has 0 aromatic heterocycles. The van der Waals surface area contributed by atoms with Gasteiger partial charge in [0.1, 0.15) is 0 Å². The van der Waals surface area contributed by atoms with Gasteiger partial charge in [0.15, 0.2) is 5.96 Å². The van der Waals surface area contributed by atoms with Gasteiger partial charge in [-0.05, 0) is 36.3 Å². The number of amides is 1. The third-order valence-electron chi connectivity index (χ3n) is 5.05. The van der Waals surface area contributed by atoms with Crippen LogP contribution in [0.15, 0.2) is 29.3 Å². The monoisotopic (exact) mass is 328 g/mol. The number of rotatable bonds is 2. The number of aliphatic imine (C=N–C) groups is 1. The fourth-order valence-corrected chi connectivity index (χ4v) is 3.69. The highest BCUT2D eigenvalue weighted by Crippen LogP contribution is 2.18. The molecule has 1 atom stereocenters. The Morgan fingerprint density at radius 2 is 2.04 bits per heavy atom. The summed E-state index contributed by atoms with van der Waals surface area (Å²) in [6, 6.07) is 8.40.